The molecule has 0 fully saturated rings. The Hall–Kier alpha value is -1.72. The average molecular weight is 307 g/mol. The van der Waals surface area contributed by atoms with Crippen LogP contribution in [0.15, 0.2) is 35.4 Å². The largest absolute Gasteiger partial charge is 0.248 e. The van der Waals surface area contributed by atoms with Crippen molar-refractivity contribution in [2.24, 2.45) is 0 Å². The summed E-state index contributed by atoms with van der Waals surface area (Å²) in [5, 5.41) is 0. The van der Waals surface area contributed by atoms with Crippen LogP contribution in [0.2, 0.25) is 0 Å². The fraction of sp³-hybridized carbons (Fsp3) is 0.350. The number of aromatic nitrogens is 1. The molecule has 0 bridgehead atoms. The number of hydrogen-bond donors (Lipinski definition) is 0. The molecule has 0 saturated heterocycles. The number of nitrogens with zero attached hydrogens (tertiary/aromatic N) is 1. The first-order valence-electron chi connectivity index (χ1n) is 7.68. The van der Waals surface area contributed by atoms with Crippen molar-refractivity contribution in [3.05, 3.63) is 58.4 Å². The minimum Gasteiger partial charge on any atom is -0.248 e. The molecule has 0 saturated carbocycles. The van der Waals surface area contributed by atoms with Crippen LogP contribution in [-0.2, 0) is 5.41 Å². The van der Waals surface area contributed by atoms with Crippen LogP contribution < -0.4 is 0 Å². The van der Waals surface area contributed by atoms with Gasteiger partial charge in [0, 0.05) is 16.7 Å². The third-order valence-electron chi connectivity index (χ3n) is 4.28. The van der Waals surface area contributed by atoms with Gasteiger partial charge in [0.1, 0.15) is 5.69 Å². The van der Waals surface area contributed by atoms with Crippen molar-refractivity contribution in [3.63, 3.8) is 0 Å². The number of fused-ring (bicyclic) bond motifs is 1. The van der Waals surface area contributed by atoms with Crippen molar-refractivity contribution in [2.45, 2.75) is 44.4 Å². The van der Waals surface area contributed by atoms with E-state index < -0.39 is 0 Å². The Morgan fingerprint density at radius 2 is 1.95 bits per heavy atom. The Morgan fingerprint density at radius 1 is 1.14 bits per heavy atom. The second kappa shape index (κ2) is 5.82. The topological polar surface area (TPSA) is 12.9 Å². The number of benzene rings is 1. The maximum Gasteiger partial charge on any atom is 0.113 e. The van der Waals surface area contributed by atoms with Crippen LogP contribution in [0, 0.1) is 25.7 Å². The first kappa shape index (κ1) is 15.2. The van der Waals surface area contributed by atoms with Crippen molar-refractivity contribution < 1.29 is 0 Å². The van der Waals surface area contributed by atoms with E-state index in [1.165, 1.54) is 28.2 Å². The lowest BCUT2D eigenvalue weighted by Gasteiger charge is -2.32. The highest BCUT2D eigenvalue weighted by Gasteiger charge is 2.28. The van der Waals surface area contributed by atoms with Crippen LogP contribution in [0.3, 0.4) is 0 Å². The Balaban J connectivity index is 2.00. The predicted molar refractivity (Wildman–Crippen MR) is 94.5 cm³/mol. The van der Waals surface area contributed by atoms with Gasteiger partial charge in [-0.15, -0.1) is 11.8 Å². The van der Waals surface area contributed by atoms with E-state index in [1.807, 2.05) is 30.9 Å². The zero-order valence-electron chi connectivity index (χ0n) is 13.7. The lowest BCUT2D eigenvalue weighted by atomic mass is 9.80. The van der Waals surface area contributed by atoms with Gasteiger partial charge < -0.3 is 0 Å². The molecule has 0 N–H and O–H groups in total. The standard InChI is InChI=1S/C20H21NS/c1-14-5-7-17(21-13-14)8-6-16-12-18-19(11-15(16)2)22-10-9-20(18,3)4/h5,7,11-13H,9-10H2,1-4H3. The molecular formula is C20H21NS. The molecule has 0 spiro atoms. The molecule has 22 heavy (non-hydrogen) atoms. The molecule has 0 radical (unpaired) electrons. The van der Waals surface area contributed by atoms with Gasteiger partial charge in [-0.2, -0.15) is 0 Å². The van der Waals surface area contributed by atoms with Gasteiger partial charge in [0.05, 0.1) is 0 Å². The summed E-state index contributed by atoms with van der Waals surface area (Å²) in [6.07, 6.45) is 3.09. The Bertz CT molecular complexity index is 761. The minimum atomic E-state index is 0.243. The van der Waals surface area contributed by atoms with Crippen LogP contribution in [0.4, 0.5) is 0 Å². The monoisotopic (exact) mass is 307 g/mol. The highest BCUT2D eigenvalue weighted by atomic mass is 32.2. The highest BCUT2D eigenvalue weighted by Crippen LogP contribution is 2.42. The summed E-state index contributed by atoms with van der Waals surface area (Å²) in [6.45, 7) is 8.85. The first-order chi connectivity index (χ1) is 10.5. The molecular weight excluding hydrogens is 286 g/mol. The van der Waals surface area contributed by atoms with Crippen LogP contribution >= 0.6 is 11.8 Å². The summed E-state index contributed by atoms with van der Waals surface area (Å²) < 4.78 is 0. The SMILES string of the molecule is Cc1ccc(C#Cc2cc3c(cc2C)SCCC3(C)C)nc1. The molecule has 1 nitrogen and oxygen atoms in total. The molecule has 2 heteroatoms. The lowest BCUT2D eigenvalue weighted by molar-refractivity contribution is 0.493. The Kier molecular flexibility index (Phi) is 4.02. The second-order valence-electron chi connectivity index (χ2n) is 6.62. The summed E-state index contributed by atoms with van der Waals surface area (Å²) in [5.74, 6) is 7.72. The summed E-state index contributed by atoms with van der Waals surface area (Å²) in [5.41, 5.74) is 6.05. The van der Waals surface area contributed by atoms with Crippen molar-refractivity contribution in [2.75, 3.05) is 5.75 Å². The molecule has 0 aliphatic carbocycles. The van der Waals surface area contributed by atoms with Gasteiger partial charge in [0.15, 0.2) is 0 Å². The smallest absolute Gasteiger partial charge is 0.113 e. The summed E-state index contributed by atoms with van der Waals surface area (Å²) in [7, 11) is 0. The first-order valence-corrected chi connectivity index (χ1v) is 8.67. The molecule has 0 amide bonds. The molecule has 112 valence electrons. The van der Waals surface area contributed by atoms with Crippen LogP contribution in [0.1, 0.15) is 48.2 Å². The van der Waals surface area contributed by atoms with Crippen molar-refractivity contribution >= 4 is 11.8 Å². The van der Waals surface area contributed by atoms with E-state index in [9.17, 15) is 0 Å². The van der Waals surface area contributed by atoms with Crippen LogP contribution in [-0.4, -0.2) is 10.7 Å². The van der Waals surface area contributed by atoms with E-state index in [4.69, 9.17) is 0 Å². The molecule has 3 rings (SSSR count). The molecule has 2 heterocycles. The summed E-state index contributed by atoms with van der Waals surface area (Å²) in [6, 6.07) is 8.62. The van der Waals surface area contributed by atoms with Gasteiger partial charge in [-0.05, 0) is 72.2 Å². The zero-order valence-corrected chi connectivity index (χ0v) is 14.5. The maximum atomic E-state index is 4.36. The second-order valence-corrected chi connectivity index (χ2v) is 7.75. The fourth-order valence-electron chi connectivity index (χ4n) is 2.69. The molecule has 0 unspecified atom stereocenters. The maximum absolute atomic E-state index is 4.36. The van der Waals surface area contributed by atoms with E-state index in [1.54, 1.807) is 0 Å². The molecule has 0 atom stereocenters. The molecule has 1 aromatic heterocycles. The zero-order chi connectivity index (χ0) is 15.7. The van der Waals surface area contributed by atoms with Crippen molar-refractivity contribution in [1.29, 1.82) is 0 Å². The molecule has 1 aliphatic rings. The minimum absolute atomic E-state index is 0.243. The van der Waals surface area contributed by atoms with E-state index in [0.717, 1.165) is 16.8 Å². The van der Waals surface area contributed by atoms with E-state index in [-0.39, 0.29) is 5.41 Å². The van der Waals surface area contributed by atoms with Gasteiger partial charge in [0.25, 0.3) is 0 Å². The van der Waals surface area contributed by atoms with Crippen LogP contribution in [0.5, 0.6) is 0 Å². The fourth-order valence-corrected chi connectivity index (χ4v) is 4.27. The van der Waals surface area contributed by atoms with E-state index in [0.29, 0.717) is 0 Å². The summed E-state index contributed by atoms with van der Waals surface area (Å²) >= 11 is 1.97. The highest BCUT2D eigenvalue weighted by molar-refractivity contribution is 7.99. The van der Waals surface area contributed by atoms with Crippen LogP contribution in [0.25, 0.3) is 0 Å². The molecule has 2 aromatic rings. The molecule has 1 aliphatic heterocycles. The number of hydrogen-bond acceptors (Lipinski definition) is 2. The van der Waals surface area contributed by atoms with Crippen molar-refractivity contribution in [3.8, 4) is 11.8 Å². The summed E-state index contributed by atoms with van der Waals surface area (Å²) in [4.78, 5) is 5.79. The third kappa shape index (κ3) is 3.05. The predicted octanol–water partition coefficient (Wildman–Crippen LogP) is 4.87. The Morgan fingerprint density at radius 3 is 2.68 bits per heavy atom. The normalized spacial score (nSPS) is 15.6. The van der Waals surface area contributed by atoms with E-state index in [2.05, 4.69) is 55.8 Å². The Labute approximate surface area is 137 Å². The van der Waals surface area contributed by atoms with Gasteiger partial charge in [-0.3, -0.25) is 0 Å². The molecule has 1 aromatic carbocycles. The van der Waals surface area contributed by atoms with Crippen molar-refractivity contribution in [1.82, 2.24) is 4.98 Å². The lowest BCUT2D eigenvalue weighted by Crippen LogP contribution is -2.23. The van der Waals surface area contributed by atoms with Gasteiger partial charge in [-0.1, -0.05) is 25.8 Å². The number of aryl methyl sites for hydroxylation is 2. The van der Waals surface area contributed by atoms with Gasteiger partial charge in [0.2, 0.25) is 0 Å². The van der Waals surface area contributed by atoms with Gasteiger partial charge >= 0.3 is 0 Å². The third-order valence-corrected chi connectivity index (χ3v) is 5.33. The average Bonchev–Trinajstić information content (AvgIpc) is 2.47. The number of rotatable bonds is 0. The van der Waals surface area contributed by atoms with Gasteiger partial charge in [-0.25, -0.2) is 4.98 Å². The number of pyridine rings is 1. The quantitative estimate of drug-likeness (QED) is 0.644. The number of thioether (sulfide) groups is 1. The van der Waals surface area contributed by atoms with E-state index >= 15 is 0 Å².